The fraction of sp³-hybridized carbons (Fsp3) is 0.571. The van der Waals surface area contributed by atoms with Crippen LogP contribution >= 0.6 is 0 Å². The first-order valence-corrected chi connectivity index (χ1v) is 9.49. The van der Waals surface area contributed by atoms with E-state index in [1.54, 1.807) is 20.8 Å². The lowest BCUT2D eigenvalue weighted by atomic mass is 10.1. The standard InChI is InChI=1S/C21H30O6/c1-7-13(4)25-19(22)16-10-17(20(23)26-14(5)8-2)12-18(11-16)21(24)27-15(6)9-3/h10-15H,7-9H2,1-6H3. The Labute approximate surface area is 161 Å². The number of rotatable bonds is 9. The van der Waals surface area contributed by atoms with Gasteiger partial charge in [-0.3, -0.25) is 0 Å². The fourth-order valence-electron chi connectivity index (χ4n) is 1.98. The monoisotopic (exact) mass is 378 g/mol. The highest BCUT2D eigenvalue weighted by Gasteiger charge is 2.21. The van der Waals surface area contributed by atoms with E-state index < -0.39 is 17.9 Å². The summed E-state index contributed by atoms with van der Waals surface area (Å²) in [5.41, 5.74) is 0.347. The molecule has 1 aromatic carbocycles. The molecule has 0 spiro atoms. The highest BCUT2D eigenvalue weighted by molar-refractivity contribution is 6.00. The van der Waals surface area contributed by atoms with E-state index in [2.05, 4.69) is 0 Å². The lowest BCUT2D eigenvalue weighted by Crippen LogP contribution is -2.19. The molecule has 0 saturated heterocycles. The van der Waals surface area contributed by atoms with Gasteiger partial charge in [0.25, 0.3) is 0 Å². The van der Waals surface area contributed by atoms with E-state index in [1.807, 2.05) is 20.8 Å². The zero-order chi connectivity index (χ0) is 20.6. The van der Waals surface area contributed by atoms with Gasteiger partial charge < -0.3 is 14.2 Å². The van der Waals surface area contributed by atoms with Gasteiger partial charge in [-0.05, 0) is 58.2 Å². The molecule has 0 aromatic heterocycles. The predicted octanol–water partition coefficient (Wildman–Crippen LogP) is 4.55. The van der Waals surface area contributed by atoms with E-state index in [0.29, 0.717) is 19.3 Å². The Kier molecular flexibility index (Phi) is 8.98. The van der Waals surface area contributed by atoms with Crippen molar-refractivity contribution < 1.29 is 28.6 Å². The summed E-state index contributed by atoms with van der Waals surface area (Å²) >= 11 is 0. The zero-order valence-electron chi connectivity index (χ0n) is 17.0. The number of benzene rings is 1. The molecule has 0 fully saturated rings. The maximum atomic E-state index is 12.4. The largest absolute Gasteiger partial charge is 0.459 e. The number of hydrogen-bond donors (Lipinski definition) is 0. The molecule has 0 heterocycles. The highest BCUT2D eigenvalue weighted by Crippen LogP contribution is 2.17. The van der Waals surface area contributed by atoms with Gasteiger partial charge in [0.15, 0.2) is 0 Å². The summed E-state index contributed by atoms with van der Waals surface area (Å²) in [6.07, 6.45) is 1.15. The number of carbonyl (C=O) groups is 3. The van der Waals surface area contributed by atoms with Crippen LogP contribution in [-0.2, 0) is 14.2 Å². The summed E-state index contributed by atoms with van der Waals surface area (Å²) in [5.74, 6) is -1.79. The van der Waals surface area contributed by atoms with E-state index in [-0.39, 0.29) is 35.0 Å². The SMILES string of the molecule is CCC(C)OC(=O)c1cc(C(=O)OC(C)CC)cc(C(=O)OC(C)CC)c1. The normalized spacial score (nSPS) is 14.0. The van der Waals surface area contributed by atoms with Gasteiger partial charge in [-0.1, -0.05) is 20.8 Å². The number of esters is 3. The zero-order valence-corrected chi connectivity index (χ0v) is 17.0. The van der Waals surface area contributed by atoms with Gasteiger partial charge >= 0.3 is 17.9 Å². The smallest absolute Gasteiger partial charge is 0.338 e. The van der Waals surface area contributed by atoms with Gasteiger partial charge in [0.1, 0.15) is 0 Å². The Bertz CT molecular complexity index is 564. The summed E-state index contributed by atoms with van der Waals surface area (Å²) in [7, 11) is 0. The molecule has 0 radical (unpaired) electrons. The van der Waals surface area contributed by atoms with E-state index in [0.717, 1.165) is 0 Å². The van der Waals surface area contributed by atoms with E-state index in [4.69, 9.17) is 14.2 Å². The fourth-order valence-corrected chi connectivity index (χ4v) is 1.98. The Morgan fingerprint density at radius 2 is 0.852 bits per heavy atom. The van der Waals surface area contributed by atoms with Gasteiger partial charge in [-0.2, -0.15) is 0 Å². The van der Waals surface area contributed by atoms with Gasteiger partial charge in [-0.15, -0.1) is 0 Å². The minimum absolute atomic E-state index is 0.116. The number of ether oxygens (including phenoxy) is 3. The second-order valence-electron chi connectivity index (χ2n) is 6.67. The van der Waals surface area contributed by atoms with Crippen molar-refractivity contribution in [3.63, 3.8) is 0 Å². The van der Waals surface area contributed by atoms with Gasteiger partial charge in [0.2, 0.25) is 0 Å². The molecule has 0 saturated carbocycles. The summed E-state index contributed by atoms with van der Waals surface area (Å²) in [5, 5.41) is 0. The minimum atomic E-state index is -0.597. The molecule has 0 aliphatic heterocycles. The van der Waals surface area contributed by atoms with Crippen molar-refractivity contribution in [1.29, 1.82) is 0 Å². The molecule has 6 nitrogen and oxygen atoms in total. The van der Waals surface area contributed by atoms with Crippen LogP contribution in [0.15, 0.2) is 18.2 Å². The first-order valence-electron chi connectivity index (χ1n) is 9.49. The Hall–Kier alpha value is -2.37. The molecule has 1 aromatic rings. The van der Waals surface area contributed by atoms with Crippen LogP contribution in [-0.4, -0.2) is 36.2 Å². The highest BCUT2D eigenvalue weighted by atomic mass is 16.6. The summed E-state index contributed by atoms with van der Waals surface area (Å²) in [6, 6.07) is 4.15. The molecule has 0 aliphatic rings. The molecule has 27 heavy (non-hydrogen) atoms. The van der Waals surface area contributed by atoms with Crippen molar-refractivity contribution >= 4 is 17.9 Å². The first-order chi connectivity index (χ1) is 12.7. The first kappa shape index (κ1) is 22.7. The molecular weight excluding hydrogens is 348 g/mol. The number of hydrogen-bond acceptors (Lipinski definition) is 6. The average molecular weight is 378 g/mol. The lowest BCUT2D eigenvalue weighted by molar-refractivity contribution is 0.0332. The van der Waals surface area contributed by atoms with Crippen molar-refractivity contribution in [1.82, 2.24) is 0 Å². The second-order valence-corrected chi connectivity index (χ2v) is 6.67. The average Bonchev–Trinajstić information content (AvgIpc) is 2.66. The topological polar surface area (TPSA) is 78.9 Å². The molecule has 6 heteroatoms. The van der Waals surface area contributed by atoms with Crippen LogP contribution in [0, 0.1) is 0 Å². The molecule has 3 atom stereocenters. The third-order valence-electron chi connectivity index (χ3n) is 4.29. The van der Waals surface area contributed by atoms with Crippen molar-refractivity contribution in [3.8, 4) is 0 Å². The quantitative estimate of drug-likeness (QED) is 0.463. The predicted molar refractivity (Wildman–Crippen MR) is 102 cm³/mol. The molecule has 0 bridgehead atoms. The van der Waals surface area contributed by atoms with Crippen LogP contribution < -0.4 is 0 Å². The van der Waals surface area contributed by atoms with Gasteiger partial charge in [0, 0.05) is 0 Å². The van der Waals surface area contributed by atoms with E-state index in [1.165, 1.54) is 18.2 Å². The van der Waals surface area contributed by atoms with Crippen molar-refractivity contribution in [2.24, 2.45) is 0 Å². The Balaban J connectivity index is 3.23. The van der Waals surface area contributed by atoms with Crippen LogP contribution in [0.1, 0.15) is 91.9 Å². The molecule has 0 N–H and O–H groups in total. The Morgan fingerprint density at radius 3 is 1.04 bits per heavy atom. The van der Waals surface area contributed by atoms with Gasteiger partial charge in [-0.25, -0.2) is 14.4 Å². The van der Waals surface area contributed by atoms with E-state index in [9.17, 15) is 14.4 Å². The molecule has 0 amide bonds. The van der Waals surface area contributed by atoms with Crippen LogP contribution in [0.25, 0.3) is 0 Å². The maximum Gasteiger partial charge on any atom is 0.338 e. The summed E-state index contributed by atoms with van der Waals surface area (Å²) in [6.45, 7) is 11.0. The van der Waals surface area contributed by atoms with Crippen molar-refractivity contribution in [2.45, 2.75) is 79.1 Å². The summed E-state index contributed by atoms with van der Waals surface area (Å²) < 4.78 is 15.9. The van der Waals surface area contributed by atoms with Crippen LogP contribution in [0.2, 0.25) is 0 Å². The van der Waals surface area contributed by atoms with Crippen molar-refractivity contribution in [3.05, 3.63) is 34.9 Å². The lowest BCUT2D eigenvalue weighted by Gasteiger charge is -2.15. The van der Waals surface area contributed by atoms with E-state index >= 15 is 0 Å². The molecule has 3 unspecified atom stereocenters. The van der Waals surface area contributed by atoms with Gasteiger partial charge in [0.05, 0.1) is 35.0 Å². The molecular formula is C21H30O6. The van der Waals surface area contributed by atoms with Crippen LogP contribution in [0.5, 0.6) is 0 Å². The number of carbonyl (C=O) groups excluding carboxylic acids is 3. The second kappa shape index (κ2) is 10.7. The molecule has 150 valence electrons. The minimum Gasteiger partial charge on any atom is -0.459 e. The molecule has 1 rings (SSSR count). The van der Waals surface area contributed by atoms with Crippen LogP contribution in [0.3, 0.4) is 0 Å². The third-order valence-corrected chi connectivity index (χ3v) is 4.29. The maximum absolute atomic E-state index is 12.4. The van der Waals surface area contributed by atoms with Crippen LogP contribution in [0.4, 0.5) is 0 Å². The summed E-state index contributed by atoms with van der Waals surface area (Å²) in [4.78, 5) is 37.2. The third kappa shape index (κ3) is 7.04. The van der Waals surface area contributed by atoms with Crippen molar-refractivity contribution in [2.75, 3.05) is 0 Å². The molecule has 0 aliphatic carbocycles. The Morgan fingerprint density at radius 1 is 0.630 bits per heavy atom.